The number of hydrogen-bond acceptors (Lipinski definition) is 5. The number of rotatable bonds is 7. The summed E-state index contributed by atoms with van der Waals surface area (Å²) < 4.78 is 24.4. The molecule has 160 valence electrons. The first-order valence-electron chi connectivity index (χ1n) is 9.37. The first-order chi connectivity index (χ1) is 14.8. The normalized spacial score (nSPS) is 10.9. The minimum absolute atomic E-state index is 0.310. The van der Waals surface area contributed by atoms with Crippen LogP contribution in [0.25, 0.3) is 0 Å². The molecule has 3 rings (SSSR count). The molecule has 0 fully saturated rings. The lowest BCUT2D eigenvalue weighted by atomic mass is 10.1. The van der Waals surface area contributed by atoms with Crippen LogP contribution in [0.2, 0.25) is 0 Å². The van der Waals surface area contributed by atoms with Crippen molar-refractivity contribution in [2.75, 3.05) is 22.9 Å². The second-order valence-electron chi connectivity index (χ2n) is 6.82. The van der Waals surface area contributed by atoms with Gasteiger partial charge in [0, 0.05) is 31.5 Å². The van der Waals surface area contributed by atoms with Gasteiger partial charge in [0.25, 0.3) is 11.8 Å². The Hall–Kier alpha value is -3.72. The predicted octanol–water partition coefficient (Wildman–Crippen LogP) is 2.66. The van der Waals surface area contributed by atoms with Gasteiger partial charge in [-0.3, -0.25) is 18.9 Å². The van der Waals surface area contributed by atoms with Gasteiger partial charge >= 0.3 is 0 Å². The minimum Gasteiger partial charge on any atom is -0.348 e. The lowest BCUT2D eigenvalue weighted by Crippen LogP contribution is -2.25. The van der Waals surface area contributed by atoms with Gasteiger partial charge in [0.05, 0.1) is 23.2 Å². The topological polar surface area (TPSA) is 108 Å². The maximum Gasteiger partial charge on any atom is 0.255 e. The number of carbonyl (C=O) groups excluding carboxylic acids is 2. The zero-order valence-corrected chi connectivity index (χ0v) is 17.9. The van der Waals surface area contributed by atoms with Crippen LogP contribution in [0.5, 0.6) is 0 Å². The molecule has 0 aliphatic carbocycles. The number of pyridine rings is 1. The van der Waals surface area contributed by atoms with Gasteiger partial charge in [0.15, 0.2) is 0 Å². The molecule has 0 aliphatic heterocycles. The summed E-state index contributed by atoms with van der Waals surface area (Å²) in [7, 11) is -1.96. The third-order valence-electron chi connectivity index (χ3n) is 4.59. The highest BCUT2D eigenvalue weighted by Crippen LogP contribution is 2.19. The van der Waals surface area contributed by atoms with Gasteiger partial charge in [0.2, 0.25) is 10.0 Å². The minimum atomic E-state index is -3.39. The molecule has 0 spiro atoms. The van der Waals surface area contributed by atoms with Crippen LogP contribution in [0.15, 0.2) is 73.1 Å². The Labute approximate surface area is 181 Å². The van der Waals surface area contributed by atoms with Crippen molar-refractivity contribution in [1.29, 1.82) is 0 Å². The average Bonchev–Trinajstić information content (AvgIpc) is 2.77. The lowest BCUT2D eigenvalue weighted by Gasteiger charge is -2.17. The van der Waals surface area contributed by atoms with E-state index >= 15 is 0 Å². The van der Waals surface area contributed by atoms with Crippen molar-refractivity contribution in [3.63, 3.8) is 0 Å². The highest BCUT2D eigenvalue weighted by atomic mass is 32.2. The largest absolute Gasteiger partial charge is 0.348 e. The number of nitrogens with zero attached hydrogens (tertiary/aromatic N) is 2. The second kappa shape index (κ2) is 9.40. The summed E-state index contributed by atoms with van der Waals surface area (Å²) in [5.41, 5.74) is 2.32. The molecular weight excluding hydrogens is 416 g/mol. The van der Waals surface area contributed by atoms with Crippen LogP contribution in [0, 0.1) is 0 Å². The molecule has 9 heteroatoms. The monoisotopic (exact) mass is 438 g/mol. The maximum atomic E-state index is 12.7. The van der Waals surface area contributed by atoms with E-state index in [4.69, 9.17) is 0 Å². The predicted molar refractivity (Wildman–Crippen MR) is 119 cm³/mol. The highest BCUT2D eigenvalue weighted by molar-refractivity contribution is 7.92. The third kappa shape index (κ3) is 5.67. The smallest absolute Gasteiger partial charge is 0.255 e. The number of amides is 2. The molecule has 0 bridgehead atoms. The average molecular weight is 439 g/mol. The van der Waals surface area contributed by atoms with Gasteiger partial charge in [-0.1, -0.05) is 18.2 Å². The fourth-order valence-electron chi connectivity index (χ4n) is 2.78. The van der Waals surface area contributed by atoms with Crippen molar-refractivity contribution in [3.05, 3.63) is 89.7 Å². The van der Waals surface area contributed by atoms with Crippen LogP contribution in [0.4, 0.5) is 11.4 Å². The van der Waals surface area contributed by atoms with Crippen molar-refractivity contribution >= 4 is 33.2 Å². The number of sulfonamides is 1. The molecule has 2 aromatic carbocycles. The van der Waals surface area contributed by atoms with E-state index in [2.05, 4.69) is 15.6 Å². The zero-order chi connectivity index (χ0) is 22.4. The third-order valence-corrected chi connectivity index (χ3v) is 5.79. The Morgan fingerprint density at radius 1 is 0.968 bits per heavy atom. The maximum absolute atomic E-state index is 12.7. The summed E-state index contributed by atoms with van der Waals surface area (Å²) in [6.07, 6.45) is 4.42. The van der Waals surface area contributed by atoms with E-state index in [1.54, 1.807) is 54.9 Å². The fraction of sp³-hybridized carbons (Fsp3) is 0.136. The molecular formula is C22H22N4O4S. The molecule has 31 heavy (non-hydrogen) atoms. The Balaban J connectivity index is 1.71. The van der Waals surface area contributed by atoms with Gasteiger partial charge < -0.3 is 10.6 Å². The molecule has 0 unspecified atom stereocenters. The number of carbonyl (C=O) groups is 2. The van der Waals surface area contributed by atoms with Gasteiger partial charge in [-0.15, -0.1) is 0 Å². The van der Waals surface area contributed by atoms with Gasteiger partial charge in [-0.2, -0.15) is 0 Å². The van der Waals surface area contributed by atoms with Crippen LogP contribution in [-0.2, 0) is 16.6 Å². The molecule has 2 N–H and O–H groups in total. The summed E-state index contributed by atoms with van der Waals surface area (Å²) in [6.45, 7) is 0.310. The molecule has 1 heterocycles. The van der Waals surface area contributed by atoms with E-state index in [1.165, 1.54) is 19.2 Å². The number of hydrogen-bond donors (Lipinski definition) is 2. The molecule has 0 radical (unpaired) electrons. The van der Waals surface area contributed by atoms with E-state index in [0.29, 0.717) is 29.0 Å². The van der Waals surface area contributed by atoms with Crippen LogP contribution in [0.1, 0.15) is 26.3 Å². The van der Waals surface area contributed by atoms with Crippen molar-refractivity contribution in [3.8, 4) is 0 Å². The quantitative estimate of drug-likeness (QED) is 0.590. The zero-order valence-electron chi connectivity index (χ0n) is 17.1. The molecule has 8 nitrogen and oxygen atoms in total. The van der Waals surface area contributed by atoms with Crippen LogP contribution < -0.4 is 14.9 Å². The van der Waals surface area contributed by atoms with E-state index in [0.717, 1.165) is 16.1 Å². The number of anilines is 2. The van der Waals surface area contributed by atoms with E-state index in [-0.39, 0.29) is 5.91 Å². The Morgan fingerprint density at radius 2 is 1.68 bits per heavy atom. The summed E-state index contributed by atoms with van der Waals surface area (Å²) >= 11 is 0. The van der Waals surface area contributed by atoms with Crippen molar-refractivity contribution in [2.45, 2.75) is 6.54 Å². The van der Waals surface area contributed by atoms with E-state index in [9.17, 15) is 18.0 Å². The standard InChI is InChI=1S/C22H22N4O4S/c1-26(31(2,29)30)18-11-9-17(10-12-18)21(27)25-20-8-4-3-7-19(20)22(28)24-15-16-6-5-13-23-14-16/h3-14H,15H2,1-2H3,(H,24,28)(H,25,27). The number of aromatic nitrogens is 1. The number of benzene rings is 2. The van der Waals surface area contributed by atoms with Crippen molar-refractivity contribution < 1.29 is 18.0 Å². The van der Waals surface area contributed by atoms with Crippen molar-refractivity contribution in [1.82, 2.24) is 10.3 Å². The van der Waals surface area contributed by atoms with Gasteiger partial charge in [-0.25, -0.2) is 8.42 Å². The Kier molecular flexibility index (Phi) is 6.66. The molecule has 0 atom stereocenters. The SMILES string of the molecule is CN(c1ccc(C(=O)Nc2ccccc2C(=O)NCc2cccnc2)cc1)S(C)(=O)=O. The lowest BCUT2D eigenvalue weighted by molar-refractivity contribution is 0.0951. The second-order valence-corrected chi connectivity index (χ2v) is 8.83. The summed E-state index contributed by atoms with van der Waals surface area (Å²) in [5, 5.41) is 5.55. The fourth-order valence-corrected chi connectivity index (χ4v) is 3.28. The Bertz CT molecular complexity index is 1180. The van der Waals surface area contributed by atoms with Gasteiger partial charge in [-0.05, 0) is 48.0 Å². The van der Waals surface area contributed by atoms with E-state index in [1.807, 2.05) is 6.07 Å². The molecule has 0 saturated heterocycles. The molecule has 2 amide bonds. The highest BCUT2D eigenvalue weighted by Gasteiger charge is 2.16. The van der Waals surface area contributed by atoms with Crippen LogP contribution in [-0.4, -0.2) is 38.5 Å². The van der Waals surface area contributed by atoms with Gasteiger partial charge in [0.1, 0.15) is 0 Å². The first kappa shape index (κ1) is 22.0. The molecule has 3 aromatic rings. The van der Waals surface area contributed by atoms with E-state index < -0.39 is 15.9 Å². The van der Waals surface area contributed by atoms with Crippen LogP contribution >= 0.6 is 0 Å². The molecule has 0 saturated carbocycles. The summed E-state index contributed by atoms with van der Waals surface area (Å²) in [6, 6.07) is 16.5. The summed E-state index contributed by atoms with van der Waals surface area (Å²) in [4.78, 5) is 29.3. The molecule has 1 aromatic heterocycles. The first-order valence-corrected chi connectivity index (χ1v) is 11.2. The Morgan fingerprint density at radius 3 is 2.32 bits per heavy atom. The summed E-state index contributed by atoms with van der Waals surface area (Å²) in [5.74, 6) is -0.744. The van der Waals surface area contributed by atoms with Crippen molar-refractivity contribution in [2.24, 2.45) is 0 Å². The number of nitrogens with one attached hydrogen (secondary N) is 2. The molecule has 0 aliphatic rings. The van der Waals surface area contributed by atoms with Crippen LogP contribution in [0.3, 0.4) is 0 Å². The number of para-hydroxylation sites is 1.